The van der Waals surface area contributed by atoms with Gasteiger partial charge in [0.05, 0.1) is 5.41 Å². The molecule has 0 unspecified atom stereocenters. The average molecular weight is 279 g/mol. The lowest BCUT2D eigenvalue weighted by atomic mass is 9.75. The van der Waals surface area contributed by atoms with E-state index in [9.17, 15) is 4.79 Å². The maximum Gasteiger partial charge on any atom is 0.234 e. The van der Waals surface area contributed by atoms with Crippen molar-refractivity contribution in [3.63, 3.8) is 0 Å². The summed E-state index contributed by atoms with van der Waals surface area (Å²) in [7, 11) is 0. The monoisotopic (exact) mass is 279 g/mol. The second kappa shape index (κ2) is 5.72. The van der Waals surface area contributed by atoms with E-state index in [4.69, 9.17) is 0 Å². The van der Waals surface area contributed by atoms with Crippen molar-refractivity contribution in [2.45, 2.75) is 25.2 Å². The summed E-state index contributed by atoms with van der Waals surface area (Å²) in [6, 6.07) is 20.1. The number of amides is 1. The van der Waals surface area contributed by atoms with E-state index in [1.807, 2.05) is 67.6 Å². The summed E-state index contributed by atoms with van der Waals surface area (Å²) in [6.07, 6.45) is 2.49. The van der Waals surface area contributed by atoms with Crippen LogP contribution in [-0.4, -0.2) is 12.5 Å². The van der Waals surface area contributed by atoms with Crippen LogP contribution >= 0.6 is 0 Å². The molecule has 0 saturated heterocycles. The summed E-state index contributed by atoms with van der Waals surface area (Å²) >= 11 is 0. The van der Waals surface area contributed by atoms with Crippen LogP contribution in [-0.2, 0) is 10.2 Å². The molecular formula is C19H21NO. The van der Waals surface area contributed by atoms with E-state index in [1.54, 1.807) is 0 Å². The van der Waals surface area contributed by atoms with Gasteiger partial charge in [0.25, 0.3) is 0 Å². The molecule has 1 aliphatic rings. The highest BCUT2D eigenvalue weighted by Crippen LogP contribution is 2.33. The van der Waals surface area contributed by atoms with Crippen LogP contribution in [0.3, 0.4) is 0 Å². The molecule has 2 heteroatoms. The van der Waals surface area contributed by atoms with Crippen molar-refractivity contribution in [3.05, 3.63) is 71.8 Å². The maximum atomic E-state index is 12.9. The number of carbonyl (C=O) groups is 1. The SMILES string of the molecule is CC(C(=O)NCC1CC1)(c1ccccc1)c1ccccc1. The van der Waals surface area contributed by atoms with Crippen LogP contribution in [0, 0.1) is 5.92 Å². The summed E-state index contributed by atoms with van der Waals surface area (Å²) < 4.78 is 0. The Labute approximate surface area is 126 Å². The molecule has 108 valence electrons. The van der Waals surface area contributed by atoms with Crippen molar-refractivity contribution >= 4 is 5.91 Å². The molecule has 2 nitrogen and oxygen atoms in total. The molecule has 0 aliphatic heterocycles. The first-order valence-corrected chi connectivity index (χ1v) is 7.60. The van der Waals surface area contributed by atoms with Gasteiger partial charge in [0.1, 0.15) is 0 Å². The Balaban J connectivity index is 1.95. The van der Waals surface area contributed by atoms with E-state index in [1.165, 1.54) is 12.8 Å². The van der Waals surface area contributed by atoms with Crippen molar-refractivity contribution in [3.8, 4) is 0 Å². The van der Waals surface area contributed by atoms with E-state index >= 15 is 0 Å². The predicted octanol–water partition coefficient (Wildman–Crippen LogP) is 3.52. The Morgan fingerprint density at radius 2 is 1.48 bits per heavy atom. The van der Waals surface area contributed by atoms with Crippen LogP contribution in [0.4, 0.5) is 0 Å². The minimum atomic E-state index is -0.641. The number of rotatable bonds is 5. The van der Waals surface area contributed by atoms with Crippen LogP contribution < -0.4 is 5.32 Å². The van der Waals surface area contributed by atoms with Gasteiger partial charge in [0.15, 0.2) is 0 Å². The third-order valence-corrected chi connectivity index (χ3v) is 4.40. The Morgan fingerprint density at radius 3 is 1.90 bits per heavy atom. The third-order valence-electron chi connectivity index (χ3n) is 4.40. The van der Waals surface area contributed by atoms with E-state index in [0.717, 1.165) is 17.7 Å². The molecule has 1 aliphatic carbocycles. The minimum Gasteiger partial charge on any atom is -0.355 e. The highest BCUT2D eigenvalue weighted by atomic mass is 16.2. The molecule has 0 atom stereocenters. The normalized spacial score (nSPS) is 14.7. The Bertz CT molecular complexity index is 562. The lowest BCUT2D eigenvalue weighted by Gasteiger charge is -2.29. The van der Waals surface area contributed by atoms with Gasteiger partial charge in [0.2, 0.25) is 5.91 Å². The van der Waals surface area contributed by atoms with Gasteiger partial charge in [-0.3, -0.25) is 4.79 Å². The molecule has 3 rings (SSSR count). The van der Waals surface area contributed by atoms with Crippen LogP contribution in [0.2, 0.25) is 0 Å². The van der Waals surface area contributed by atoms with Crippen molar-refractivity contribution in [2.24, 2.45) is 5.92 Å². The lowest BCUT2D eigenvalue weighted by molar-refractivity contribution is -0.124. The third kappa shape index (κ3) is 2.85. The molecule has 0 aromatic heterocycles. The molecule has 0 radical (unpaired) electrons. The minimum absolute atomic E-state index is 0.0896. The number of nitrogens with one attached hydrogen (secondary N) is 1. The number of carbonyl (C=O) groups excluding carboxylic acids is 1. The van der Waals surface area contributed by atoms with Crippen LogP contribution in [0.5, 0.6) is 0 Å². The summed E-state index contributed by atoms with van der Waals surface area (Å²) in [5.74, 6) is 0.775. The van der Waals surface area contributed by atoms with Gasteiger partial charge in [-0.2, -0.15) is 0 Å². The van der Waals surface area contributed by atoms with Gasteiger partial charge in [-0.05, 0) is 36.8 Å². The standard InChI is InChI=1S/C19H21NO/c1-19(16-8-4-2-5-9-16,17-10-6-3-7-11-17)18(21)20-14-15-12-13-15/h2-11,15H,12-14H2,1H3,(H,20,21). The molecule has 1 fully saturated rings. The summed E-state index contributed by atoms with van der Waals surface area (Å²) in [4.78, 5) is 12.9. The van der Waals surface area contributed by atoms with E-state index < -0.39 is 5.41 Å². The zero-order valence-electron chi connectivity index (χ0n) is 12.4. The first-order chi connectivity index (χ1) is 10.2. The van der Waals surface area contributed by atoms with E-state index in [0.29, 0.717) is 5.92 Å². The Morgan fingerprint density at radius 1 is 1.00 bits per heavy atom. The van der Waals surface area contributed by atoms with Gasteiger partial charge >= 0.3 is 0 Å². The molecule has 2 aromatic rings. The van der Waals surface area contributed by atoms with Crippen molar-refractivity contribution in [2.75, 3.05) is 6.54 Å². The van der Waals surface area contributed by atoms with Gasteiger partial charge in [-0.15, -0.1) is 0 Å². The smallest absolute Gasteiger partial charge is 0.234 e. The van der Waals surface area contributed by atoms with Crippen molar-refractivity contribution in [1.29, 1.82) is 0 Å². The van der Waals surface area contributed by atoms with Crippen molar-refractivity contribution < 1.29 is 4.79 Å². The number of benzene rings is 2. The van der Waals surface area contributed by atoms with Gasteiger partial charge in [-0.1, -0.05) is 60.7 Å². The zero-order chi connectivity index (χ0) is 14.7. The zero-order valence-corrected chi connectivity index (χ0v) is 12.4. The van der Waals surface area contributed by atoms with Crippen LogP contribution in [0.15, 0.2) is 60.7 Å². The fourth-order valence-corrected chi connectivity index (χ4v) is 2.71. The molecule has 1 saturated carbocycles. The fraction of sp³-hybridized carbons (Fsp3) is 0.316. The van der Waals surface area contributed by atoms with E-state index in [-0.39, 0.29) is 5.91 Å². The second-order valence-electron chi connectivity index (χ2n) is 6.01. The van der Waals surface area contributed by atoms with Crippen molar-refractivity contribution in [1.82, 2.24) is 5.32 Å². The molecule has 1 amide bonds. The molecule has 0 heterocycles. The topological polar surface area (TPSA) is 29.1 Å². The van der Waals surface area contributed by atoms with Gasteiger partial charge in [0, 0.05) is 6.54 Å². The highest BCUT2D eigenvalue weighted by Gasteiger charge is 2.37. The van der Waals surface area contributed by atoms with Crippen LogP contribution in [0.25, 0.3) is 0 Å². The molecule has 21 heavy (non-hydrogen) atoms. The molecule has 0 spiro atoms. The summed E-state index contributed by atoms with van der Waals surface area (Å²) in [5, 5.41) is 3.14. The van der Waals surface area contributed by atoms with Gasteiger partial charge in [-0.25, -0.2) is 0 Å². The quantitative estimate of drug-likeness (QED) is 0.891. The molecule has 2 aromatic carbocycles. The summed E-state index contributed by atoms with van der Waals surface area (Å²) in [6.45, 7) is 2.81. The van der Waals surface area contributed by atoms with Gasteiger partial charge < -0.3 is 5.32 Å². The fourth-order valence-electron chi connectivity index (χ4n) is 2.71. The highest BCUT2D eigenvalue weighted by molar-refractivity contribution is 5.91. The molecule has 0 bridgehead atoms. The molecular weight excluding hydrogens is 258 g/mol. The lowest BCUT2D eigenvalue weighted by Crippen LogP contribution is -2.43. The second-order valence-corrected chi connectivity index (χ2v) is 6.01. The van der Waals surface area contributed by atoms with E-state index in [2.05, 4.69) is 5.32 Å². The Kier molecular flexibility index (Phi) is 3.78. The largest absolute Gasteiger partial charge is 0.355 e. The maximum absolute atomic E-state index is 12.9. The van der Waals surface area contributed by atoms with Crippen LogP contribution in [0.1, 0.15) is 30.9 Å². The average Bonchev–Trinajstić information content (AvgIpc) is 3.38. The number of hydrogen-bond acceptors (Lipinski definition) is 1. The number of hydrogen-bond donors (Lipinski definition) is 1. The molecule has 1 N–H and O–H groups in total. The predicted molar refractivity (Wildman–Crippen MR) is 85.1 cm³/mol. The first-order valence-electron chi connectivity index (χ1n) is 7.60. The Hall–Kier alpha value is -2.09. The summed E-state index contributed by atoms with van der Waals surface area (Å²) in [5.41, 5.74) is 1.42. The first kappa shape index (κ1) is 13.9.